The van der Waals surface area contributed by atoms with E-state index < -0.39 is 18.0 Å². The molecule has 1 saturated carbocycles. The average Bonchev–Trinajstić information content (AvgIpc) is 2.65. The Kier molecular flexibility index (Phi) is 6.11. The molecule has 0 unspecified atom stereocenters. The summed E-state index contributed by atoms with van der Waals surface area (Å²) in [5.41, 5.74) is 0.463. The van der Waals surface area contributed by atoms with Gasteiger partial charge in [-0.15, -0.1) is 0 Å². The van der Waals surface area contributed by atoms with Crippen LogP contribution in [0.1, 0.15) is 32.1 Å². The van der Waals surface area contributed by atoms with Gasteiger partial charge in [0, 0.05) is 11.7 Å². The van der Waals surface area contributed by atoms with Crippen molar-refractivity contribution in [3.63, 3.8) is 0 Å². The molecule has 1 saturated heterocycles. The van der Waals surface area contributed by atoms with Crippen LogP contribution >= 0.6 is 23.2 Å². The van der Waals surface area contributed by atoms with E-state index in [0.717, 1.165) is 25.7 Å². The van der Waals surface area contributed by atoms with Gasteiger partial charge in [0.1, 0.15) is 6.04 Å². The molecule has 0 aromatic heterocycles. The van der Waals surface area contributed by atoms with Crippen LogP contribution in [0.25, 0.3) is 0 Å². The lowest BCUT2D eigenvalue weighted by Crippen LogP contribution is -2.68. The van der Waals surface area contributed by atoms with Gasteiger partial charge in [-0.05, 0) is 31.0 Å². The SMILES string of the molecule is COC(=O)C[C@@H]1C(=O)N[C@H]2CCCC[C@@H]2N1C(=O)Nc1ccc(Cl)c(Cl)c1. The number of hydrogen-bond acceptors (Lipinski definition) is 4. The highest BCUT2D eigenvalue weighted by Gasteiger charge is 2.46. The third-order valence-corrected chi connectivity index (χ3v) is 5.78. The normalized spacial score (nSPS) is 24.6. The van der Waals surface area contributed by atoms with Crippen LogP contribution in [-0.2, 0) is 14.3 Å². The van der Waals surface area contributed by atoms with Gasteiger partial charge in [0.15, 0.2) is 0 Å². The van der Waals surface area contributed by atoms with Crippen molar-refractivity contribution < 1.29 is 19.1 Å². The van der Waals surface area contributed by atoms with Crippen molar-refractivity contribution in [3.8, 4) is 0 Å². The van der Waals surface area contributed by atoms with Crippen LogP contribution in [0.15, 0.2) is 18.2 Å². The van der Waals surface area contributed by atoms with Gasteiger partial charge < -0.3 is 20.3 Å². The molecule has 1 aromatic rings. The maximum absolute atomic E-state index is 13.1. The van der Waals surface area contributed by atoms with E-state index in [2.05, 4.69) is 10.6 Å². The Morgan fingerprint density at radius 3 is 2.70 bits per heavy atom. The van der Waals surface area contributed by atoms with E-state index in [9.17, 15) is 14.4 Å². The lowest BCUT2D eigenvalue weighted by molar-refractivity contribution is -0.146. The summed E-state index contributed by atoms with van der Waals surface area (Å²) in [7, 11) is 1.26. The van der Waals surface area contributed by atoms with Crippen molar-refractivity contribution in [2.75, 3.05) is 12.4 Å². The summed E-state index contributed by atoms with van der Waals surface area (Å²) in [4.78, 5) is 38.9. The first-order valence-electron chi connectivity index (χ1n) is 8.82. The van der Waals surface area contributed by atoms with E-state index >= 15 is 0 Å². The Hall–Kier alpha value is -1.99. The van der Waals surface area contributed by atoms with E-state index in [4.69, 9.17) is 27.9 Å². The van der Waals surface area contributed by atoms with E-state index in [1.54, 1.807) is 18.2 Å². The number of esters is 1. The van der Waals surface area contributed by atoms with Crippen molar-refractivity contribution in [3.05, 3.63) is 28.2 Å². The molecule has 146 valence electrons. The molecule has 2 fully saturated rings. The molecular formula is C18H21Cl2N3O4. The number of nitrogens with one attached hydrogen (secondary N) is 2. The van der Waals surface area contributed by atoms with E-state index in [1.165, 1.54) is 12.0 Å². The third-order valence-electron chi connectivity index (χ3n) is 5.05. The molecule has 2 N–H and O–H groups in total. The van der Waals surface area contributed by atoms with Crippen LogP contribution in [0.4, 0.5) is 10.5 Å². The van der Waals surface area contributed by atoms with Gasteiger partial charge in [-0.3, -0.25) is 9.59 Å². The van der Waals surface area contributed by atoms with Gasteiger partial charge in [0.2, 0.25) is 5.91 Å². The highest BCUT2D eigenvalue weighted by molar-refractivity contribution is 6.42. The third kappa shape index (κ3) is 4.30. The summed E-state index contributed by atoms with van der Waals surface area (Å²) in [5, 5.41) is 6.41. The van der Waals surface area contributed by atoms with Crippen LogP contribution in [0.5, 0.6) is 0 Å². The summed E-state index contributed by atoms with van der Waals surface area (Å²) in [6.45, 7) is 0. The van der Waals surface area contributed by atoms with Gasteiger partial charge in [-0.1, -0.05) is 36.0 Å². The summed E-state index contributed by atoms with van der Waals surface area (Å²) < 4.78 is 4.70. The van der Waals surface area contributed by atoms with E-state index in [1.807, 2.05) is 0 Å². The molecule has 3 amide bonds. The van der Waals surface area contributed by atoms with Crippen LogP contribution in [0.2, 0.25) is 10.0 Å². The largest absolute Gasteiger partial charge is 0.469 e. The minimum Gasteiger partial charge on any atom is -0.469 e. The number of ether oxygens (including phenoxy) is 1. The molecule has 1 aliphatic carbocycles. The maximum atomic E-state index is 13.1. The number of amides is 3. The molecule has 1 aliphatic heterocycles. The molecule has 0 bridgehead atoms. The van der Waals surface area contributed by atoms with Crippen molar-refractivity contribution in [1.29, 1.82) is 0 Å². The fraction of sp³-hybridized carbons (Fsp3) is 0.500. The zero-order valence-corrected chi connectivity index (χ0v) is 16.3. The second-order valence-electron chi connectivity index (χ2n) is 6.73. The molecule has 3 atom stereocenters. The number of hydrogen-bond donors (Lipinski definition) is 2. The van der Waals surface area contributed by atoms with Crippen LogP contribution in [0, 0.1) is 0 Å². The van der Waals surface area contributed by atoms with Crippen LogP contribution in [0.3, 0.4) is 0 Å². The van der Waals surface area contributed by atoms with Crippen molar-refractivity contribution >= 4 is 46.8 Å². The first-order valence-corrected chi connectivity index (χ1v) is 9.58. The van der Waals surface area contributed by atoms with Gasteiger partial charge in [-0.25, -0.2) is 4.79 Å². The number of urea groups is 1. The second-order valence-corrected chi connectivity index (χ2v) is 7.54. The number of methoxy groups -OCH3 is 1. The van der Waals surface area contributed by atoms with E-state index in [0.29, 0.717) is 15.7 Å². The van der Waals surface area contributed by atoms with Gasteiger partial charge >= 0.3 is 12.0 Å². The molecule has 2 aliphatic rings. The maximum Gasteiger partial charge on any atom is 0.322 e. The zero-order valence-electron chi connectivity index (χ0n) is 14.8. The molecule has 1 heterocycles. The molecule has 3 rings (SSSR count). The monoisotopic (exact) mass is 413 g/mol. The number of carbonyl (C=O) groups excluding carboxylic acids is 3. The Labute approximate surface area is 167 Å². The fourth-order valence-electron chi connectivity index (χ4n) is 3.74. The molecule has 1 aromatic carbocycles. The smallest absolute Gasteiger partial charge is 0.322 e. The van der Waals surface area contributed by atoms with Gasteiger partial charge in [-0.2, -0.15) is 0 Å². The average molecular weight is 414 g/mol. The number of anilines is 1. The van der Waals surface area contributed by atoms with Gasteiger partial charge in [0.25, 0.3) is 0 Å². The number of rotatable bonds is 3. The Balaban J connectivity index is 1.86. The van der Waals surface area contributed by atoms with Crippen molar-refractivity contribution in [2.24, 2.45) is 0 Å². The van der Waals surface area contributed by atoms with Crippen molar-refractivity contribution in [1.82, 2.24) is 10.2 Å². The van der Waals surface area contributed by atoms with Crippen LogP contribution < -0.4 is 10.6 Å². The Bertz CT molecular complexity index is 758. The first-order chi connectivity index (χ1) is 12.9. The quantitative estimate of drug-likeness (QED) is 0.744. The number of carbonyl (C=O) groups is 3. The number of benzene rings is 1. The molecule has 27 heavy (non-hydrogen) atoms. The molecule has 9 heteroatoms. The Morgan fingerprint density at radius 1 is 1.26 bits per heavy atom. The minimum atomic E-state index is -0.917. The molecule has 7 nitrogen and oxygen atoms in total. The lowest BCUT2D eigenvalue weighted by Gasteiger charge is -2.47. The second kappa shape index (κ2) is 8.35. The van der Waals surface area contributed by atoms with E-state index in [-0.39, 0.29) is 24.4 Å². The summed E-state index contributed by atoms with van der Waals surface area (Å²) in [6.07, 6.45) is 3.32. The molecular weight excluding hydrogens is 393 g/mol. The van der Waals surface area contributed by atoms with Crippen molar-refractivity contribution in [2.45, 2.75) is 50.2 Å². The topological polar surface area (TPSA) is 87.7 Å². The lowest BCUT2D eigenvalue weighted by atomic mass is 9.85. The zero-order chi connectivity index (χ0) is 19.6. The number of piperazine rings is 1. The highest BCUT2D eigenvalue weighted by Crippen LogP contribution is 2.31. The fourth-order valence-corrected chi connectivity index (χ4v) is 4.03. The van der Waals surface area contributed by atoms with Crippen LogP contribution in [-0.4, -0.2) is 48.0 Å². The highest BCUT2D eigenvalue weighted by atomic mass is 35.5. The first kappa shape index (κ1) is 19.8. The standard InChI is InChI=1S/C18H21Cl2N3O4/c1-27-16(24)9-15-17(25)22-13-4-2-3-5-14(13)23(15)18(26)21-10-6-7-11(19)12(20)8-10/h6-8,13-15H,2-5,9H2,1H3,(H,21,26)(H,22,25)/t13-,14-,15+/m0/s1. The summed E-state index contributed by atoms with van der Waals surface area (Å²) in [5.74, 6) is -0.885. The number of nitrogens with zero attached hydrogens (tertiary/aromatic N) is 1. The molecule has 0 spiro atoms. The minimum absolute atomic E-state index is 0.111. The predicted molar refractivity (Wildman–Crippen MR) is 102 cm³/mol. The predicted octanol–water partition coefficient (Wildman–Crippen LogP) is 3.20. The summed E-state index contributed by atoms with van der Waals surface area (Å²) in [6, 6.07) is 3.10. The summed E-state index contributed by atoms with van der Waals surface area (Å²) >= 11 is 11.9. The van der Waals surface area contributed by atoms with Gasteiger partial charge in [0.05, 0.1) is 29.6 Å². The number of fused-ring (bicyclic) bond motifs is 1. The number of halogens is 2. The molecule has 0 radical (unpaired) electrons. The Morgan fingerprint density at radius 2 is 2.00 bits per heavy atom.